The van der Waals surface area contributed by atoms with E-state index >= 15 is 0 Å². The monoisotopic (exact) mass is 283 g/mol. The van der Waals surface area contributed by atoms with E-state index in [1.165, 1.54) is 0 Å². The van der Waals surface area contributed by atoms with Gasteiger partial charge >= 0.3 is 5.97 Å². The van der Waals surface area contributed by atoms with Gasteiger partial charge in [-0.15, -0.1) is 0 Å². The summed E-state index contributed by atoms with van der Waals surface area (Å²) in [5.41, 5.74) is 0.999. The number of rotatable bonds is 7. The van der Waals surface area contributed by atoms with Gasteiger partial charge in [-0.3, -0.25) is 0 Å². The summed E-state index contributed by atoms with van der Waals surface area (Å²) in [6, 6.07) is 7.27. The van der Waals surface area contributed by atoms with E-state index in [2.05, 4.69) is 11.8 Å². The van der Waals surface area contributed by atoms with Crippen LogP contribution in [0.25, 0.3) is 0 Å². The minimum atomic E-state index is -0.285. The van der Waals surface area contributed by atoms with E-state index in [1.54, 1.807) is 0 Å². The first-order valence-corrected chi connectivity index (χ1v) is 7.16. The van der Waals surface area contributed by atoms with Crippen LogP contribution in [0.4, 0.5) is 5.69 Å². The summed E-state index contributed by atoms with van der Waals surface area (Å²) in [5.74, 6) is -0.187. The topological polar surface area (TPSA) is 29.5 Å². The highest BCUT2D eigenvalue weighted by Crippen LogP contribution is 2.21. The van der Waals surface area contributed by atoms with E-state index < -0.39 is 0 Å². The molecule has 106 valence electrons. The Bertz CT molecular complexity index is 392. The van der Waals surface area contributed by atoms with Crippen molar-refractivity contribution in [3.8, 4) is 0 Å². The summed E-state index contributed by atoms with van der Waals surface area (Å²) in [7, 11) is 0. The van der Waals surface area contributed by atoms with Crippen LogP contribution in [0.1, 0.15) is 33.6 Å². The van der Waals surface area contributed by atoms with E-state index in [0.29, 0.717) is 11.6 Å². The zero-order valence-electron chi connectivity index (χ0n) is 11.9. The minimum Gasteiger partial charge on any atom is -0.464 e. The second kappa shape index (κ2) is 8.05. The Balaban J connectivity index is 2.87. The zero-order chi connectivity index (χ0) is 14.3. The van der Waals surface area contributed by atoms with Crippen molar-refractivity contribution in [3.63, 3.8) is 0 Å². The minimum absolute atomic E-state index is 0.187. The number of unbranched alkanes of at least 4 members (excludes halogenated alkanes) is 1. The molecule has 3 nitrogen and oxygen atoms in total. The molecule has 19 heavy (non-hydrogen) atoms. The predicted octanol–water partition coefficient (Wildman–Crippen LogP) is 3.90. The lowest BCUT2D eigenvalue weighted by Gasteiger charge is -2.29. The summed E-state index contributed by atoms with van der Waals surface area (Å²) < 4.78 is 5.10. The fourth-order valence-electron chi connectivity index (χ4n) is 1.90. The molecule has 0 aliphatic rings. The van der Waals surface area contributed by atoms with Gasteiger partial charge in [-0.1, -0.05) is 24.9 Å². The molecule has 0 spiro atoms. The van der Waals surface area contributed by atoms with Crippen LogP contribution in [0.5, 0.6) is 0 Å². The predicted molar refractivity (Wildman–Crippen MR) is 79.8 cm³/mol. The fourth-order valence-corrected chi connectivity index (χ4v) is 2.02. The van der Waals surface area contributed by atoms with Crippen LogP contribution in [0.15, 0.2) is 24.3 Å². The Kier molecular flexibility index (Phi) is 6.71. The summed E-state index contributed by atoms with van der Waals surface area (Å²) in [4.78, 5) is 14.0. The molecule has 0 aliphatic heterocycles. The van der Waals surface area contributed by atoms with Crippen molar-refractivity contribution in [1.82, 2.24) is 0 Å². The van der Waals surface area contributed by atoms with Crippen LogP contribution in [0.3, 0.4) is 0 Å². The van der Waals surface area contributed by atoms with Gasteiger partial charge in [0, 0.05) is 17.3 Å². The quantitative estimate of drug-likeness (QED) is 0.711. The lowest BCUT2D eigenvalue weighted by Crippen LogP contribution is -2.40. The van der Waals surface area contributed by atoms with Gasteiger partial charge in [0.1, 0.15) is 6.04 Å². The SMILES string of the molecule is CCCCN(c1ccc(Cl)cc1)C(C)C(=O)OCC. The first-order valence-electron chi connectivity index (χ1n) is 6.79. The maximum atomic E-state index is 11.9. The third kappa shape index (κ3) is 4.75. The van der Waals surface area contributed by atoms with Gasteiger partial charge in [-0.2, -0.15) is 0 Å². The second-order valence-electron chi connectivity index (χ2n) is 4.45. The highest BCUT2D eigenvalue weighted by Gasteiger charge is 2.22. The van der Waals surface area contributed by atoms with E-state index in [4.69, 9.17) is 16.3 Å². The molecular formula is C15H22ClNO2. The maximum Gasteiger partial charge on any atom is 0.328 e. The number of ether oxygens (including phenoxy) is 1. The number of hydrogen-bond donors (Lipinski definition) is 0. The molecule has 0 amide bonds. The van der Waals surface area contributed by atoms with Crippen molar-refractivity contribution >= 4 is 23.3 Å². The molecule has 0 heterocycles. The molecule has 0 saturated heterocycles. The Morgan fingerprint density at radius 2 is 1.95 bits per heavy atom. The van der Waals surface area contributed by atoms with E-state index in [1.807, 2.05) is 38.1 Å². The lowest BCUT2D eigenvalue weighted by molar-refractivity contribution is -0.144. The number of carbonyl (C=O) groups excluding carboxylic acids is 1. The molecule has 1 rings (SSSR count). The number of hydrogen-bond acceptors (Lipinski definition) is 3. The van der Waals surface area contributed by atoms with Gasteiger partial charge in [0.15, 0.2) is 0 Å². The van der Waals surface area contributed by atoms with Gasteiger partial charge in [-0.05, 0) is 44.5 Å². The molecule has 0 N–H and O–H groups in total. The Morgan fingerprint density at radius 3 is 2.47 bits per heavy atom. The van der Waals surface area contributed by atoms with Gasteiger partial charge in [0.2, 0.25) is 0 Å². The number of carbonyl (C=O) groups is 1. The first kappa shape index (κ1) is 15.8. The third-order valence-corrected chi connectivity index (χ3v) is 3.26. The molecule has 0 aliphatic carbocycles. The fraction of sp³-hybridized carbons (Fsp3) is 0.533. The molecule has 1 atom stereocenters. The number of nitrogens with zero attached hydrogens (tertiary/aromatic N) is 1. The van der Waals surface area contributed by atoms with Crippen molar-refractivity contribution in [1.29, 1.82) is 0 Å². The molecule has 1 unspecified atom stereocenters. The highest BCUT2D eigenvalue weighted by molar-refractivity contribution is 6.30. The van der Waals surface area contributed by atoms with Crippen LogP contribution in [0, 0.1) is 0 Å². The Labute approximate surface area is 120 Å². The summed E-state index contributed by atoms with van der Waals surface area (Å²) >= 11 is 5.90. The van der Waals surface area contributed by atoms with Crippen molar-refractivity contribution < 1.29 is 9.53 Å². The van der Waals surface area contributed by atoms with E-state index in [9.17, 15) is 4.79 Å². The summed E-state index contributed by atoms with van der Waals surface area (Å²) in [6.07, 6.45) is 2.12. The van der Waals surface area contributed by atoms with Crippen LogP contribution >= 0.6 is 11.6 Å². The van der Waals surface area contributed by atoms with Crippen LogP contribution in [-0.4, -0.2) is 25.2 Å². The molecule has 1 aromatic carbocycles. The van der Waals surface area contributed by atoms with Crippen LogP contribution in [-0.2, 0) is 9.53 Å². The van der Waals surface area contributed by atoms with Gasteiger partial charge in [0.25, 0.3) is 0 Å². The van der Waals surface area contributed by atoms with Crippen LogP contribution in [0.2, 0.25) is 5.02 Å². The molecule has 0 saturated carbocycles. The maximum absolute atomic E-state index is 11.9. The number of esters is 1. The molecule has 0 radical (unpaired) electrons. The standard InChI is InChI=1S/C15H22ClNO2/c1-4-6-11-17(12(3)15(18)19-5-2)14-9-7-13(16)8-10-14/h7-10,12H,4-6,11H2,1-3H3. The highest BCUT2D eigenvalue weighted by atomic mass is 35.5. The van der Waals surface area contributed by atoms with Gasteiger partial charge in [0.05, 0.1) is 6.61 Å². The zero-order valence-corrected chi connectivity index (χ0v) is 12.6. The normalized spacial score (nSPS) is 12.0. The largest absolute Gasteiger partial charge is 0.464 e. The Morgan fingerprint density at radius 1 is 1.32 bits per heavy atom. The third-order valence-electron chi connectivity index (χ3n) is 3.01. The average molecular weight is 284 g/mol. The van der Waals surface area contributed by atoms with Crippen LogP contribution < -0.4 is 4.90 Å². The van der Waals surface area contributed by atoms with Gasteiger partial charge < -0.3 is 9.64 Å². The summed E-state index contributed by atoms with van der Waals surface area (Å²) in [6.45, 7) is 7.07. The Hall–Kier alpha value is -1.22. The molecule has 4 heteroatoms. The lowest BCUT2D eigenvalue weighted by atomic mass is 10.2. The number of anilines is 1. The molecule has 0 bridgehead atoms. The summed E-state index contributed by atoms with van der Waals surface area (Å²) in [5, 5.41) is 0.697. The van der Waals surface area contributed by atoms with E-state index in [-0.39, 0.29) is 12.0 Å². The molecule has 1 aromatic rings. The van der Waals surface area contributed by atoms with Crippen molar-refractivity contribution in [2.45, 2.75) is 39.7 Å². The average Bonchev–Trinajstić information content (AvgIpc) is 2.41. The van der Waals surface area contributed by atoms with Gasteiger partial charge in [-0.25, -0.2) is 4.79 Å². The van der Waals surface area contributed by atoms with Crippen molar-refractivity contribution in [3.05, 3.63) is 29.3 Å². The van der Waals surface area contributed by atoms with E-state index in [0.717, 1.165) is 25.1 Å². The first-order chi connectivity index (χ1) is 9.10. The molecule has 0 fully saturated rings. The second-order valence-corrected chi connectivity index (χ2v) is 4.89. The number of benzene rings is 1. The number of halogens is 1. The molecular weight excluding hydrogens is 262 g/mol. The van der Waals surface area contributed by atoms with Crippen molar-refractivity contribution in [2.24, 2.45) is 0 Å². The smallest absolute Gasteiger partial charge is 0.328 e. The van der Waals surface area contributed by atoms with Crippen molar-refractivity contribution in [2.75, 3.05) is 18.1 Å². The molecule has 0 aromatic heterocycles.